The zero-order chi connectivity index (χ0) is 14.0. The van der Waals surface area contributed by atoms with Crippen LogP contribution in [0.25, 0.3) is 0 Å². The van der Waals surface area contributed by atoms with Crippen LogP contribution in [-0.2, 0) is 11.3 Å². The summed E-state index contributed by atoms with van der Waals surface area (Å²) in [6.07, 6.45) is 0. The monoisotopic (exact) mass is 318 g/mol. The number of aromatic carboxylic acids is 1. The molecule has 100 valence electrons. The van der Waals surface area contributed by atoms with E-state index in [9.17, 15) is 13.6 Å². The number of para-hydroxylation sites is 1. The lowest BCUT2D eigenvalue weighted by molar-refractivity contribution is 0.0692. The highest BCUT2D eigenvalue weighted by Crippen LogP contribution is 2.36. The Bertz CT molecular complexity index is 646. The molecule has 0 saturated heterocycles. The van der Waals surface area contributed by atoms with Crippen LogP contribution in [0.5, 0.6) is 0 Å². The highest BCUT2D eigenvalue weighted by atomic mass is 35.5. The fraction of sp³-hybridized carbons (Fsp3) is 0. The van der Waals surface area contributed by atoms with Crippen LogP contribution < -0.4 is 4.31 Å². The van der Waals surface area contributed by atoms with Gasteiger partial charge in [-0.2, -0.15) is 0 Å². The summed E-state index contributed by atoms with van der Waals surface area (Å²) in [4.78, 5) is 14.7. The van der Waals surface area contributed by atoms with Gasteiger partial charge in [0.25, 0.3) is 11.3 Å². The third kappa shape index (κ3) is 2.76. The van der Waals surface area contributed by atoms with Gasteiger partial charge in [0.15, 0.2) is 5.69 Å². The van der Waals surface area contributed by atoms with Crippen molar-refractivity contribution in [1.29, 1.82) is 0 Å². The van der Waals surface area contributed by atoms with Crippen LogP contribution in [0.1, 0.15) is 10.5 Å². The molecule has 1 aromatic carbocycles. The van der Waals surface area contributed by atoms with E-state index in [4.69, 9.17) is 16.7 Å². The predicted octanol–water partition coefficient (Wildman–Crippen LogP) is 2.77. The maximum atomic E-state index is 11.5. The number of carbonyl (C=O) groups is 1. The van der Waals surface area contributed by atoms with Crippen molar-refractivity contribution in [2.24, 2.45) is 0 Å². The first kappa shape index (κ1) is 13.9. The number of hydrogen-bond donors (Lipinski definition) is 2. The van der Waals surface area contributed by atoms with Gasteiger partial charge in [-0.15, -0.1) is 11.3 Å². The second kappa shape index (κ2) is 5.66. The van der Waals surface area contributed by atoms with Crippen LogP contribution in [0.3, 0.4) is 0 Å². The van der Waals surface area contributed by atoms with Gasteiger partial charge in [0.2, 0.25) is 0 Å². The summed E-state index contributed by atoms with van der Waals surface area (Å²) in [5.41, 5.74) is 1.22. The number of carboxylic acid groups (broad SMARTS) is 1. The first-order valence-corrected chi connectivity index (χ1v) is 7.17. The van der Waals surface area contributed by atoms with Crippen LogP contribution in [-0.4, -0.2) is 24.8 Å². The third-order valence-electron chi connectivity index (χ3n) is 2.16. The molecule has 0 aliphatic carbocycles. The van der Waals surface area contributed by atoms with Crippen molar-refractivity contribution in [2.75, 3.05) is 4.31 Å². The Labute approximate surface area is 119 Å². The summed E-state index contributed by atoms with van der Waals surface area (Å²) >= 11 is 4.44. The maximum absolute atomic E-state index is 11.5. The second-order valence-electron chi connectivity index (χ2n) is 3.29. The minimum Gasteiger partial charge on any atom is -0.476 e. The Hall–Kier alpha value is -1.48. The van der Waals surface area contributed by atoms with Gasteiger partial charge in [-0.1, -0.05) is 23.7 Å². The number of carboxylic acids is 1. The fourth-order valence-corrected chi connectivity index (χ4v) is 3.26. The second-order valence-corrected chi connectivity index (χ2v) is 5.35. The van der Waals surface area contributed by atoms with E-state index in [1.54, 1.807) is 12.1 Å². The van der Waals surface area contributed by atoms with Crippen LogP contribution in [0, 0.1) is 0 Å². The highest BCUT2D eigenvalue weighted by Gasteiger charge is 2.25. The molecule has 0 radical (unpaired) electrons. The lowest BCUT2D eigenvalue weighted by Gasteiger charge is -2.19. The van der Waals surface area contributed by atoms with Crippen molar-refractivity contribution in [3.8, 4) is 0 Å². The van der Waals surface area contributed by atoms with Crippen molar-refractivity contribution < 1.29 is 18.7 Å². The van der Waals surface area contributed by atoms with Gasteiger partial charge < -0.3 is 5.11 Å². The van der Waals surface area contributed by atoms with Crippen LogP contribution >= 0.6 is 22.9 Å². The van der Waals surface area contributed by atoms with Crippen molar-refractivity contribution in [3.63, 3.8) is 0 Å². The van der Waals surface area contributed by atoms with Crippen LogP contribution in [0.15, 0.2) is 29.8 Å². The molecule has 1 heterocycles. The maximum Gasteiger partial charge on any atom is 0.357 e. The molecular formula is C10H7ClN2O4S2. The van der Waals surface area contributed by atoms with Gasteiger partial charge in [0, 0.05) is 0 Å². The Morgan fingerprint density at radius 1 is 1.42 bits per heavy atom. The lowest BCUT2D eigenvalue weighted by atomic mass is 10.3. The van der Waals surface area contributed by atoms with Crippen LogP contribution in [0.4, 0.5) is 10.7 Å². The molecule has 19 heavy (non-hydrogen) atoms. The molecule has 1 aromatic heterocycles. The molecule has 9 heteroatoms. The van der Waals surface area contributed by atoms with E-state index in [1.807, 2.05) is 0 Å². The van der Waals surface area contributed by atoms with Gasteiger partial charge >= 0.3 is 5.97 Å². The quantitative estimate of drug-likeness (QED) is 0.846. The first-order valence-electron chi connectivity index (χ1n) is 4.84. The smallest absolute Gasteiger partial charge is 0.357 e. The van der Waals surface area contributed by atoms with Crippen molar-refractivity contribution in [2.45, 2.75) is 0 Å². The molecule has 0 bridgehead atoms. The normalized spacial score (nSPS) is 12.1. The number of thiazole rings is 1. The number of nitrogens with zero attached hydrogens (tertiary/aromatic N) is 2. The van der Waals surface area contributed by atoms with E-state index in [0.29, 0.717) is 0 Å². The van der Waals surface area contributed by atoms with Gasteiger partial charge in [0.1, 0.15) is 5.00 Å². The minimum absolute atomic E-state index is 0.0430. The summed E-state index contributed by atoms with van der Waals surface area (Å²) in [7, 11) is 0. The van der Waals surface area contributed by atoms with Gasteiger partial charge in [0.05, 0.1) is 16.2 Å². The zero-order valence-corrected chi connectivity index (χ0v) is 11.6. The molecule has 0 amide bonds. The molecule has 0 saturated carbocycles. The van der Waals surface area contributed by atoms with Gasteiger partial charge in [-0.25, -0.2) is 18.3 Å². The molecule has 0 aliphatic rings. The predicted molar refractivity (Wildman–Crippen MR) is 73.4 cm³/mol. The average Bonchev–Trinajstić information content (AvgIpc) is 2.80. The molecule has 0 fully saturated rings. The van der Waals surface area contributed by atoms with E-state index in [0.717, 1.165) is 15.6 Å². The molecule has 6 nitrogen and oxygen atoms in total. The van der Waals surface area contributed by atoms with E-state index in [1.165, 1.54) is 17.6 Å². The van der Waals surface area contributed by atoms with Crippen molar-refractivity contribution in [1.82, 2.24) is 4.98 Å². The Kier molecular flexibility index (Phi) is 4.15. The standard InChI is InChI=1S/C10H7ClN2O4S2/c11-6-3-1-2-4-7(6)13(19(16)17)9-8(10(14)15)12-5-18-9/h1-5H,(H,14,15)(H,16,17). The summed E-state index contributed by atoms with van der Waals surface area (Å²) in [5.74, 6) is -1.28. The molecule has 0 aliphatic heterocycles. The van der Waals surface area contributed by atoms with E-state index in [-0.39, 0.29) is 21.4 Å². The van der Waals surface area contributed by atoms with E-state index < -0.39 is 17.2 Å². The fourth-order valence-electron chi connectivity index (χ4n) is 1.41. The molecule has 1 unspecified atom stereocenters. The molecular weight excluding hydrogens is 312 g/mol. The average molecular weight is 319 g/mol. The number of aromatic nitrogens is 1. The Balaban J connectivity index is 2.59. The molecule has 2 rings (SSSR count). The highest BCUT2D eigenvalue weighted by molar-refractivity contribution is 7.81. The molecule has 2 aromatic rings. The van der Waals surface area contributed by atoms with Crippen molar-refractivity contribution >= 4 is 50.9 Å². The lowest BCUT2D eigenvalue weighted by Crippen LogP contribution is -2.20. The summed E-state index contributed by atoms with van der Waals surface area (Å²) in [5, 5.41) is 9.28. The number of anilines is 2. The molecule has 2 N–H and O–H groups in total. The number of halogens is 1. The van der Waals surface area contributed by atoms with E-state index >= 15 is 0 Å². The third-order valence-corrected chi connectivity index (χ3v) is 4.10. The van der Waals surface area contributed by atoms with E-state index in [2.05, 4.69) is 4.98 Å². The number of benzene rings is 1. The Morgan fingerprint density at radius 2 is 2.11 bits per heavy atom. The number of rotatable bonds is 4. The largest absolute Gasteiger partial charge is 0.476 e. The topological polar surface area (TPSA) is 90.7 Å². The zero-order valence-electron chi connectivity index (χ0n) is 9.19. The van der Waals surface area contributed by atoms with Crippen molar-refractivity contribution in [3.05, 3.63) is 40.5 Å². The van der Waals surface area contributed by atoms with Gasteiger partial charge in [-0.05, 0) is 12.1 Å². The van der Waals surface area contributed by atoms with Gasteiger partial charge in [-0.3, -0.25) is 4.55 Å². The SMILES string of the molecule is O=C(O)c1ncsc1N(c1ccccc1Cl)S(=O)O. The first-order chi connectivity index (χ1) is 9.02. The minimum atomic E-state index is -2.46. The molecule has 0 spiro atoms. The number of hydrogen-bond acceptors (Lipinski definition) is 4. The molecule has 1 atom stereocenters. The Morgan fingerprint density at radius 3 is 2.68 bits per heavy atom. The van der Waals surface area contributed by atoms with Crippen LogP contribution in [0.2, 0.25) is 5.02 Å². The summed E-state index contributed by atoms with van der Waals surface area (Å²) < 4.78 is 21.8. The summed E-state index contributed by atoms with van der Waals surface area (Å²) in [6, 6.07) is 6.34. The summed E-state index contributed by atoms with van der Waals surface area (Å²) in [6.45, 7) is 0.